The number of nitrogens with one attached hydrogen (secondary N) is 1. The molecule has 2 atom stereocenters. The largest absolute Gasteiger partial charge is 0.489 e. The van der Waals surface area contributed by atoms with Gasteiger partial charge in [-0.2, -0.15) is 13.2 Å². The molecule has 0 bridgehead atoms. The number of hydrogen-bond acceptors (Lipinski definition) is 3. The van der Waals surface area contributed by atoms with Gasteiger partial charge in [0.25, 0.3) is 0 Å². The van der Waals surface area contributed by atoms with E-state index in [4.69, 9.17) is 9.47 Å². The Morgan fingerprint density at radius 1 is 1.21 bits per heavy atom. The number of rotatable bonds is 7. The molecule has 34 heavy (non-hydrogen) atoms. The minimum absolute atomic E-state index is 0.0168. The molecule has 4 nitrogen and oxygen atoms in total. The third kappa shape index (κ3) is 6.88. The number of amides is 1. The van der Waals surface area contributed by atoms with Crippen LogP contribution in [0.4, 0.5) is 18.0 Å². The van der Waals surface area contributed by atoms with E-state index in [-0.39, 0.29) is 23.1 Å². The molecule has 0 aromatic heterocycles. The van der Waals surface area contributed by atoms with E-state index in [1.807, 2.05) is 18.2 Å². The topological polar surface area (TPSA) is 47.6 Å². The fraction of sp³-hybridized carbons (Fsp3) is 0.346. The van der Waals surface area contributed by atoms with Crippen molar-refractivity contribution in [2.75, 3.05) is 0 Å². The van der Waals surface area contributed by atoms with Gasteiger partial charge in [-0.1, -0.05) is 59.3 Å². The van der Waals surface area contributed by atoms with Gasteiger partial charge in [-0.25, -0.2) is 4.79 Å². The highest BCUT2D eigenvalue weighted by molar-refractivity contribution is 9.10. The maximum atomic E-state index is 13.2. The summed E-state index contributed by atoms with van der Waals surface area (Å²) >= 11 is 2.95. The summed E-state index contributed by atoms with van der Waals surface area (Å²) < 4.78 is 50.7. The summed E-state index contributed by atoms with van der Waals surface area (Å²) in [5.74, 6) is 0.695. The number of halogens is 4. The molecule has 1 unspecified atom stereocenters. The Labute approximate surface area is 206 Å². The molecule has 0 saturated carbocycles. The van der Waals surface area contributed by atoms with E-state index in [9.17, 15) is 18.0 Å². The zero-order chi connectivity index (χ0) is 24.9. The van der Waals surface area contributed by atoms with Crippen LogP contribution in [0.2, 0.25) is 0 Å². The summed E-state index contributed by atoms with van der Waals surface area (Å²) in [4.78, 5) is 12.4. The highest BCUT2D eigenvalue weighted by Crippen LogP contribution is 2.36. The first-order chi connectivity index (χ1) is 16.0. The van der Waals surface area contributed by atoms with Gasteiger partial charge in [-0.15, -0.1) is 0 Å². The van der Waals surface area contributed by atoms with Crippen LogP contribution in [-0.4, -0.2) is 12.2 Å². The van der Waals surface area contributed by atoms with Gasteiger partial charge in [0, 0.05) is 4.47 Å². The molecular formula is C26H27BrF3NO3. The van der Waals surface area contributed by atoms with Crippen molar-refractivity contribution in [1.82, 2.24) is 5.32 Å². The van der Waals surface area contributed by atoms with Crippen LogP contribution in [0, 0.1) is 5.92 Å². The maximum Gasteiger partial charge on any atom is 0.417 e. The standard InChI is InChI=1S/C26H27BrF3NO3/c1-16(2)34-25(32)31-24(21-10-5-4-7-17(21)3)19-8-6-9-20(14-19)33-15-18-11-12-23(27)22(13-18)26(28,29)30/h4-6,8-14,16-17,24H,7,15H2,1-3H3,(H,31,32)/t17?,24-/m1/s1. The lowest BCUT2D eigenvalue weighted by molar-refractivity contribution is -0.138. The van der Waals surface area contributed by atoms with Gasteiger partial charge in [0.2, 0.25) is 0 Å². The number of ether oxygens (including phenoxy) is 2. The average Bonchev–Trinajstić information content (AvgIpc) is 2.76. The lowest BCUT2D eigenvalue weighted by atomic mass is 9.85. The number of carbonyl (C=O) groups excluding carboxylic acids is 1. The number of hydrogen-bond donors (Lipinski definition) is 1. The van der Waals surface area contributed by atoms with Crippen molar-refractivity contribution in [3.63, 3.8) is 0 Å². The van der Waals surface area contributed by atoms with E-state index in [1.165, 1.54) is 6.07 Å². The Morgan fingerprint density at radius 3 is 2.65 bits per heavy atom. The van der Waals surface area contributed by atoms with Crippen LogP contribution in [0.15, 0.2) is 70.7 Å². The summed E-state index contributed by atoms with van der Waals surface area (Å²) in [7, 11) is 0. The maximum absolute atomic E-state index is 13.2. The summed E-state index contributed by atoms with van der Waals surface area (Å²) in [6, 6.07) is 10.8. The SMILES string of the molecule is CC(C)OC(=O)N[C@@H](C1=CC=CCC1C)c1cccc(OCc2ccc(Br)c(C(F)(F)F)c2)c1. The molecular weight excluding hydrogens is 511 g/mol. The van der Waals surface area contributed by atoms with E-state index >= 15 is 0 Å². The Hall–Kier alpha value is -2.74. The number of allylic oxidation sites excluding steroid dienone is 3. The quantitative estimate of drug-likeness (QED) is 0.392. The molecule has 2 aromatic rings. The van der Waals surface area contributed by atoms with Gasteiger partial charge in [0.05, 0.1) is 17.7 Å². The van der Waals surface area contributed by atoms with Gasteiger partial charge >= 0.3 is 12.3 Å². The van der Waals surface area contributed by atoms with Gasteiger partial charge < -0.3 is 14.8 Å². The summed E-state index contributed by atoms with van der Waals surface area (Å²) in [6.07, 6.45) is 1.63. The predicted octanol–water partition coefficient (Wildman–Crippen LogP) is 7.75. The normalized spacial score (nSPS) is 16.7. The molecule has 0 heterocycles. The highest BCUT2D eigenvalue weighted by Gasteiger charge is 2.33. The highest BCUT2D eigenvalue weighted by atomic mass is 79.9. The van der Waals surface area contributed by atoms with E-state index in [1.54, 1.807) is 38.1 Å². The van der Waals surface area contributed by atoms with Crippen molar-refractivity contribution < 1.29 is 27.4 Å². The zero-order valence-corrected chi connectivity index (χ0v) is 20.7. The van der Waals surface area contributed by atoms with Crippen LogP contribution >= 0.6 is 15.9 Å². The van der Waals surface area contributed by atoms with Crippen LogP contribution in [0.25, 0.3) is 0 Å². The number of benzene rings is 2. The molecule has 1 N–H and O–H groups in total. The molecule has 0 aliphatic heterocycles. The van der Waals surface area contributed by atoms with Gasteiger partial charge in [0.1, 0.15) is 12.4 Å². The molecule has 2 aromatic carbocycles. The van der Waals surface area contributed by atoms with Crippen molar-refractivity contribution >= 4 is 22.0 Å². The second-order valence-corrected chi connectivity index (χ2v) is 9.29. The number of alkyl carbamates (subject to hydrolysis) is 1. The van der Waals surface area contributed by atoms with E-state index in [2.05, 4.69) is 34.2 Å². The molecule has 0 saturated heterocycles. The minimum Gasteiger partial charge on any atom is -0.489 e. The van der Waals surface area contributed by atoms with Gasteiger partial charge in [-0.05, 0) is 67.2 Å². The fourth-order valence-corrected chi connectivity index (χ4v) is 4.17. The minimum atomic E-state index is -4.46. The van der Waals surface area contributed by atoms with Crippen LogP contribution < -0.4 is 10.1 Å². The zero-order valence-electron chi connectivity index (χ0n) is 19.2. The van der Waals surface area contributed by atoms with E-state index in [0.717, 1.165) is 23.6 Å². The fourth-order valence-electron chi connectivity index (χ4n) is 3.70. The van der Waals surface area contributed by atoms with E-state index in [0.29, 0.717) is 11.3 Å². The molecule has 0 spiro atoms. The van der Waals surface area contributed by atoms with Crippen molar-refractivity contribution in [3.05, 3.63) is 87.4 Å². The predicted molar refractivity (Wildman–Crippen MR) is 128 cm³/mol. The Bertz CT molecular complexity index is 1080. The monoisotopic (exact) mass is 537 g/mol. The third-order valence-corrected chi connectivity index (χ3v) is 6.05. The summed E-state index contributed by atoms with van der Waals surface area (Å²) in [5.41, 5.74) is 1.47. The number of alkyl halides is 3. The van der Waals surface area contributed by atoms with Crippen LogP contribution in [0.5, 0.6) is 5.75 Å². The van der Waals surface area contributed by atoms with Crippen LogP contribution in [-0.2, 0) is 17.5 Å². The van der Waals surface area contributed by atoms with Crippen molar-refractivity contribution in [2.24, 2.45) is 5.92 Å². The average molecular weight is 538 g/mol. The lowest BCUT2D eigenvalue weighted by Crippen LogP contribution is -2.33. The first-order valence-electron chi connectivity index (χ1n) is 11.0. The Kier molecular flexibility index (Phi) is 8.47. The Balaban J connectivity index is 1.82. The smallest absolute Gasteiger partial charge is 0.417 e. The molecule has 1 amide bonds. The molecule has 8 heteroatoms. The van der Waals surface area contributed by atoms with Crippen LogP contribution in [0.3, 0.4) is 0 Å². The Morgan fingerprint density at radius 2 is 1.97 bits per heavy atom. The molecule has 1 aliphatic rings. The molecule has 1 aliphatic carbocycles. The first kappa shape index (κ1) is 25.9. The summed E-state index contributed by atoms with van der Waals surface area (Å²) in [6.45, 7) is 5.61. The summed E-state index contributed by atoms with van der Waals surface area (Å²) in [5, 5.41) is 2.95. The second-order valence-electron chi connectivity index (χ2n) is 8.44. The lowest BCUT2D eigenvalue weighted by Gasteiger charge is -2.28. The van der Waals surface area contributed by atoms with Crippen molar-refractivity contribution in [2.45, 2.75) is 52.1 Å². The van der Waals surface area contributed by atoms with E-state index < -0.39 is 23.9 Å². The first-order valence-corrected chi connectivity index (χ1v) is 11.8. The molecule has 3 rings (SSSR count). The van der Waals surface area contributed by atoms with Gasteiger partial charge in [0.15, 0.2) is 0 Å². The van der Waals surface area contributed by atoms with Crippen molar-refractivity contribution in [1.29, 1.82) is 0 Å². The molecule has 182 valence electrons. The molecule has 0 fully saturated rings. The van der Waals surface area contributed by atoms with Gasteiger partial charge in [-0.3, -0.25) is 0 Å². The molecule has 0 radical (unpaired) electrons. The second kappa shape index (κ2) is 11.1. The third-order valence-electron chi connectivity index (χ3n) is 5.35. The number of carbonyl (C=O) groups is 1. The van der Waals surface area contributed by atoms with Crippen LogP contribution in [0.1, 0.15) is 49.9 Å². The van der Waals surface area contributed by atoms with Crippen molar-refractivity contribution in [3.8, 4) is 5.75 Å².